The minimum atomic E-state index is -4.51. The van der Waals surface area contributed by atoms with E-state index in [9.17, 15) is 13.2 Å². The van der Waals surface area contributed by atoms with E-state index < -0.39 is 11.7 Å². The molecule has 9 heteroatoms. The Morgan fingerprint density at radius 1 is 1.36 bits per heavy atom. The fourth-order valence-electron chi connectivity index (χ4n) is 2.49. The van der Waals surface area contributed by atoms with Crippen LogP contribution in [0.3, 0.4) is 0 Å². The largest absolute Gasteiger partial charge is 0.416 e. The predicted molar refractivity (Wildman–Crippen MR) is 87.8 cm³/mol. The number of nitrogens with two attached hydrogens (primary N) is 3. The maximum atomic E-state index is 13.1. The number of rotatable bonds is 6. The molecule has 1 aliphatic heterocycles. The monoisotopic (exact) mass is 360 g/mol. The topological polar surface area (TPSA) is 99.8 Å². The van der Waals surface area contributed by atoms with E-state index in [1.165, 1.54) is 18.3 Å². The highest BCUT2D eigenvalue weighted by molar-refractivity contribution is 5.53. The van der Waals surface area contributed by atoms with Gasteiger partial charge >= 0.3 is 6.18 Å². The van der Waals surface area contributed by atoms with Crippen molar-refractivity contribution in [3.8, 4) is 0 Å². The second-order valence-electron chi connectivity index (χ2n) is 5.76. The van der Waals surface area contributed by atoms with Crippen molar-refractivity contribution in [2.45, 2.75) is 38.3 Å². The minimum Gasteiger partial charge on any atom is -0.399 e. The lowest BCUT2D eigenvalue weighted by Crippen LogP contribution is -2.29. The number of hydrazine groups is 1. The van der Waals surface area contributed by atoms with Crippen LogP contribution in [-0.4, -0.2) is 19.5 Å². The van der Waals surface area contributed by atoms with Gasteiger partial charge in [0.2, 0.25) is 0 Å². The van der Waals surface area contributed by atoms with E-state index in [1.807, 2.05) is 0 Å². The van der Waals surface area contributed by atoms with Crippen LogP contribution in [0.15, 0.2) is 30.1 Å². The molecule has 1 unspecified atom stereocenters. The van der Waals surface area contributed by atoms with Gasteiger partial charge in [-0.2, -0.15) is 13.2 Å². The lowest BCUT2D eigenvalue weighted by Gasteiger charge is -2.23. The number of anilines is 1. The van der Waals surface area contributed by atoms with Crippen LogP contribution >= 0.6 is 0 Å². The molecule has 1 atom stereocenters. The first-order chi connectivity index (χ1) is 11.8. The number of hydrogen-bond donors (Lipinski definition) is 3. The number of hydrogen-bond acceptors (Lipinski definition) is 6. The zero-order chi connectivity index (χ0) is 18.4. The molecule has 6 nitrogen and oxygen atoms in total. The van der Waals surface area contributed by atoms with Crippen molar-refractivity contribution in [2.75, 3.05) is 18.2 Å². The summed E-state index contributed by atoms with van der Waals surface area (Å²) in [5, 5.41) is 1.02. The fraction of sp³-hybridized carbons (Fsp3) is 0.500. The molecule has 1 aliphatic rings. The molecule has 0 saturated carbocycles. The van der Waals surface area contributed by atoms with E-state index in [4.69, 9.17) is 26.8 Å². The summed E-state index contributed by atoms with van der Waals surface area (Å²) >= 11 is 0. The molecular formula is C16H23F3N4O2. The Hall–Kier alpha value is -1.81. The van der Waals surface area contributed by atoms with E-state index in [0.29, 0.717) is 6.61 Å². The Balaban J connectivity index is 2.04. The van der Waals surface area contributed by atoms with Crippen molar-refractivity contribution in [3.63, 3.8) is 0 Å². The van der Waals surface area contributed by atoms with Crippen LogP contribution < -0.4 is 22.3 Å². The average Bonchev–Trinajstić information content (AvgIpc) is 2.59. The van der Waals surface area contributed by atoms with Gasteiger partial charge in [-0.3, -0.25) is 5.01 Å². The molecule has 6 N–H and O–H groups in total. The Morgan fingerprint density at radius 3 is 2.72 bits per heavy atom. The molecule has 0 aliphatic carbocycles. The van der Waals surface area contributed by atoms with E-state index in [2.05, 4.69) is 0 Å². The van der Waals surface area contributed by atoms with E-state index in [-0.39, 0.29) is 36.4 Å². The third-order valence-electron chi connectivity index (χ3n) is 3.80. The molecule has 0 bridgehead atoms. The van der Waals surface area contributed by atoms with Gasteiger partial charge in [-0.1, -0.05) is 6.07 Å². The third kappa shape index (κ3) is 5.60. The van der Waals surface area contributed by atoms with E-state index in [1.54, 1.807) is 0 Å². The molecule has 1 saturated heterocycles. The first-order valence-corrected chi connectivity index (χ1v) is 7.94. The van der Waals surface area contributed by atoms with Gasteiger partial charge in [0.15, 0.2) is 6.29 Å². The first kappa shape index (κ1) is 19.5. The SMILES string of the molecule is NCc1ccc(N(N)/C=C(\N)COC2CCCCO2)cc1C(F)(F)F. The summed E-state index contributed by atoms with van der Waals surface area (Å²) < 4.78 is 50.1. The molecular weight excluding hydrogens is 337 g/mol. The molecule has 1 heterocycles. The van der Waals surface area contributed by atoms with Gasteiger partial charge in [0.05, 0.1) is 23.6 Å². The van der Waals surface area contributed by atoms with Gasteiger partial charge in [0, 0.05) is 19.4 Å². The summed E-state index contributed by atoms with van der Waals surface area (Å²) in [6.07, 6.45) is -0.696. The fourth-order valence-corrected chi connectivity index (χ4v) is 2.49. The van der Waals surface area contributed by atoms with Crippen LogP contribution in [0, 0.1) is 0 Å². The smallest absolute Gasteiger partial charge is 0.399 e. The van der Waals surface area contributed by atoms with Crippen LogP contribution in [0.4, 0.5) is 18.9 Å². The van der Waals surface area contributed by atoms with Crippen LogP contribution in [0.1, 0.15) is 30.4 Å². The van der Waals surface area contributed by atoms with Crippen molar-refractivity contribution < 1.29 is 22.6 Å². The Bertz CT molecular complexity index is 602. The summed E-state index contributed by atoms with van der Waals surface area (Å²) in [4.78, 5) is 0. The normalized spacial score (nSPS) is 19.1. The summed E-state index contributed by atoms with van der Waals surface area (Å²) in [7, 11) is 0. The summed E-state index contributed by atoms with van der Waals surface area (Å²) in [6.45, 7) is 0.503. The van der Waals surface area contributed by atoms with Gasteiger partial charge in [0.25, 0.3) is 0 Å². The van der Waals surface area contributed by atoms with Crippen molar-refractivity contribution in [1.29, 1.82) is 0 Å². The van der Waals surface area contributed by atoms with Gasteiger partial charge in [0.1, 0.15) is 0 Å². The third-order valence-corrected chi connectivity index (χ3v) is 3.80. The number of ether oxygens (including phenoxy) is 2. The summed E-state index contributed by atoms with van der Waals surface area (Å²) in [6, 6.07) is 3.69. The maximum absolute atomic E-state index is 13.1. The zero-order valence-corrected chi connectivity index (χ0v) is 13.8. The Morgan fingerprint density at radius 2 is 2.12 bits per heavy atom. The number of halogens is 3. The number of nitrogens with zero attached hydrogens (tertiary/aromatic N) is 1. The van der Waals surface area contributed by atoms with Gasteiger partial charge in [-0.05, 0) is 37.0 Å². The molecule has 2 rings (SSSR count). The van der Waals surface area contributed by atoms with E-state index in [0.717, 1.165) is 30.3 Å². The van der Waals surface area contributed by atoms with E-state index >= 15 is 0 Å². The predicted octanol–water partition coefficient (Wildman–Crippen LogP) is 2.19. The first-order valence-electron chi connectivity index (χ1n) is 7.94. The lowest BCUT2D eigenvalue weighted by molar-refractivity contribution is -0.157. The molecule has 25 heavy (non-hydrogen) atoms. The highest BCUT2D eigenvalue weighted by atomic mass is 19.4. The average molecular weight is 360 g/mol. The Labute approximate surface area is 144 Å². The molecule has 0 aromatic heterocycles. The van der Waals surface area contributed by atoms with Gasteiger partial charge < -0.3 is 20.9 Å². The summed E-state index contributed by atoms with van der Waals surface area (Å²) in [5.41, 5.74) is 10.8. The van der Waals surface area contributed by atoms with Crippen LogP contribution in [0.2, 0.25) is 0 Å². The highest BCUT2D eigenvalue weighted by Gasteiger charge is 2.33. The molecule has 1 aromatic carbocycles. The molecule has 0 amide bonds. The van der Waals surface area contributed by atoms with Crippen LogP contribution in [-0.2, 0) is 22.2 Å². The quantitative estimate of drug-likeness (QED) is 0.531. The number of benzene rings is 1. The van der Waals surface area contributed by atoms with Gasteiger partial charge in [-0.25, -0.2) is 5.84 Å². The molecule has 1 aromatic rings. The Kier molecular flexibility index (Phi) is 6.65. The van der Waals surface area contributed by atoms with Crippen molar-refractivity contribution in [2.24, 2.45) is 17.3 Å². The van der Waals surface area contributed by atoms with Crippen molar-refractivity contribution >= 4 is 5.69 Å². The van der Waals surface area contributed by atoms with Crippen LogP contribution in [0.5, 0.6) is 0 Å². The lowest BCUT2D eigenvalue weighted by atomic mass is 10.1. The molecule has 1 fully saturated rings. The molecule has 0 spiro atoms. The number of alkyl halides is 3. The van der Waals surface area contributed by atoms with Gasteiger partial charge in [-0.15, -0.1) is 0 Å². The standard InChI is InChI=1S/C16H23F3N4O2/c17-16(18,19)14-7-13(5-4-11(14)8-20)23(22)9-12(21)10-25-15-3-1-2-6-24-15/h4-5,7,9,15H,1-3,6,8,10,20-22H2/b12-9-. The minimum absolute atomic E-state index is 0.000572. The maximum Gasteiger partial charge on any atom is 0.416 e. The second kappa shape index (κ2) is 8.52. The molecule has 0 radical (unpaired) electrons. The molecule has 140 valence electrons. The summed E-state index contributed by atoms with van der Waals surface area (Å²) in [5.74, 6) is 5.80. The highest BCUT2D eigenvalue weighted by Crippen LogP contribution is 2.34. The zero-order valence-electron chi connectivity index (χ0n) is 13.8. The van der Waals surface area contributed by atoms with Crippen LogP contribution in [0.25, 0.3) is 0 Å². The van der Waals surface area contributed by atoms with Crippen molar-refractivity contribution in [3.05, 3.63) is 41.2 Å². The second-order valence-corrected chi connectivity index (χ2v) is 5.76. The van der Waals surface area contributed by atoms with Crippen molar-refractivity contribution in [1.82, 2.24) is 0 Å².